The van der Waals surface area contributed by atoms with E-state index in [9.17, 15) is 8.42 Å². The maximum Gasteiger partial charge on any atom is 0.285 e. The lowest BCUT2D eigenvalue weighted by Crippen LogP contribution is -2.14. The van der Waals surface area contributed by atoms with Gasteiger partial charge in [0.25, 0.3) is 10.0 Å². The number of rotatable bonds is 2. The molecule has 1 aromatic heterocycles. The van der Waals surface area contributed by atoms with E-state index in [2.05, 4.69) is 4.40 Å². The van der Waals surface area contributed by atoms with Crippen LogP contribution in [0.5, 0.6) is 0 Å². The van der Waals surface area contributed by atoms with Crippen molar-refractivity contribution in [3.05, 3.63) is 57.3 Å². The van der Waals surface area contributed by atoms with Gasteiger partial charge in [0.2, 0.25) is 4.80 Å². The lowest BCUT2D eigenvalue weighted by atomic mass is 10.1. The summed E-state index contributed by atoms with van der Waals surface area (Å²) in [6, 6.07) is 10.0. The van der Waals surface area contributed by atoms with Crippen LogP contribution in [0.25, 0.3) is 10.2 Å². The number of sulfonamides is 1. The SMILES string of the molecule is Cc1ccc2sc(=NS(=O)(=O)c3ccc(Cl)cc3)n(C)c2c1C. The fourth-order valence-corrected chi connectivity index (χ4v) is 4.81. The number of hydrogen-bond donors (Lipinski definition) is 0. The van der Waals surface area contributed by atoms with Gasteiger partial charge in [-0.25, -0.2) is 0 Å². The number of nitrogens with zero attached hydrogens (tertiary/aromatic N) is 2. The molecule has 0 aliphatic rings. The highest BCUT2D eigenvalue weighted by Gasteiger charge is 2.14. The molecule has 3 aromatic rings. The van der Waals surface area contributed by atoms with Crippen LogP contribution in [0.1, 0.15) is 11.1 Å². The van der Waals surface area contributed by atoms with Crippen LogP contribution in [0, 0.1) is 13.8 Å². The van der Waals surface area contributed by atoms with Crippen molar-refractivity contribution in [1.82, 2.24) is 4.57 Å². The van der Waals surface area contributed by atoms with Gasteiger partial charge in [0, 0.05) is 12.1 Å². The first-order valence-electron chi connectivity index (χ1n) is 6.92. The van der Waals surface area contributed by atoms with E-state index >= 15 is 0 Å². The van der Waals surface area contributed by atoms with E-state index < -0.39 is 10.0 Å². The molecule has 4 nitrogen and oxygen atoms in total. The van der Waals surface area contributed by atoms with Crippen LogP contribution in [0.3, 0.4) is 0 Å². The van der Waals surface area contributed by atoms with Crippen LogP contribution in [0.2, 0.25) is 5.02 Å². The minimum Gasteiger partial charge on any atom is -0.319 e. The van der Waals surface area contributed by atoms with Crippen molar-refractivity contribution in [3.8, 4) is 0 Å². The lowest BCUT2D eigenvalue weighted by Gasteiger charge is -2.03. The second-order valence-electron chi connectivity index (χ2n) is 5.32. The molecule has 0 aliphatic heterocycles. The largest absolute Gasteiger partial charge is 0.319 e. The van der Waals surface area contributed by atoms with Gasteiger partial charge in [-0.15, -0.1) is 4.40 Å². The van der Waals surface area contributed by atoms with Crippen molar-refractivity contribution in [3.63, 3.8) is 0 Å². The van der Waals surface area contributed by atoms with E-state index in [0.717, 1.165) is 21.3 Å². The van der Waals surface area contributed by atoms with Crippen molar-refractivity contribution >= 4 is 43.2 Å². The quantitative estimate of drug-likeness (QED) is 0.692. The Morgan fingerprint density at radius 2 is 1.74 bits per heavy atom. The van der Waals surface area contributed by atoms with E-state index in [1.807, 2.05) is 37.6 Å². The summed E-state index contributed by atoms with van der Waals surface area (Å²) in [5.41, 5.74) is 3.31. The molecule has 23 heavy (non-hydrogen) atoms. The zero-order valence-electron chi connectivity index (χ0n) is 12.9. The number of fused-ring (bicyclic) bond motifs is 1. The molecular weight excluding hydrogens is 352 g/mol. The molecule has 0 saturated carbocycles. The Morgan fingerprint density at radius 3 is 2.39 bits per heavy atom. The minimum atomic E-state index is -3.77. The molecule has 3 rings (SSSR count). The number of thiazole rings is 1. The Hall–Kier alpha value is -1.63. The van der Waals surface area contributed by atoms with Gasteiger partial charge in [0.15, 0.2) is 0 Å². The number of halogens is 1. The fraction of sp³-hybridized carbons (Fsp3) is 0.188. The topological polar surface area (TPSA) is 51.4 Å². The Kier molecular flexibility index (Phi) is 4.08. The second-order valence-corrected chi connectivity index (χ2v) is 8.37. The third-order valence-electron chi connectivity index (χ3n) is 3.80. The molecule has 0 spiro atoms. The standard InChI is InChI=1S/C16H15ClN2O2S2/c1-10-4-9-14-15(11(10)2)19(3)16(22-14)18-23(20,21)13-7-5-12(17)6-8-13/h4-9H,1-3H3. The summed E-state index contributed by atoms with van der Waals surface area (Å²) in [7, 11) is -1.93. The molecule has 0 atom stereocenters. The molecule has 0 unspecified atom stereocenters. The Morgan fingerprint density at radius 1 is 1.09 bits per heavy atom. The average molecular weight is 367 g/mol. The van der Waals surface area contributed by atoms with Gasteiger partial charge < -0.3 is 4.57 Å². The van der Waals surface area contributed by atoms with Gasteiger partial charge in [-0.1, -0.05) is 29.0 Å². The van der Waals surface area contributed by atoms with Crippen molar-refractivity contribution in [2.45, 2.75) is 18.7 Å². The second kappa shape index (κ2) is 5.78. The summed E-state index contributed by atoms with van der Waals surface area (Å²) in [6.45, 7) is 4.07. The molecule has 0 fully saturated rings. The van der Waals surface area contributed by atoms with Crippen LogP contribution in [0.4, 0.5) is 0 Å². The zero-order chi connectivity index (χ0) is 16.8. The molecule has 1 heterocycles. The Balaban J connectivity index is 2.23. The number of benzene rings is 2. The summed E-state index contributed by atoms with van der Waals surface area (Å²) < 4.78 is 31.8. The van der Waals surface area contributed by atoms with Gasteiger partial charge in [0.1, 0.15) is 0 Å². The van der Waals surface area contributed by atoms with Crippen LogP contribution in [-0.2, 0) is 17.1 Å². The maximum absolute atomic E-state index is 12.5. The summed E-state index contributed by atoms with van der Waals surface area (Å²) in [5.74, 6) is 0. The average Bonchev–Trinajstić information content (AvgIpc) is 2.80. The predicted molar refractivity (Wildman–Crippen MR) is 94.5 cm³/mol. The maximum atomic E-state index is 12.5. The van der Waals surface area contributed by atoms with Crippen molar-refractivity contribution in [1.29, 1.82) is 0 Å². The van der Waals surface area contributed by atoms with E-state index in [4.69, 9.17) is 11.6 Å². The molecule has 7 heteroatoms. The van der Waals surface area contributed by atoms with Crippen LogP contribution >= 0.6 is 22.9 Å². The minimum absolute atomic E-state index is 0.132. The normalized spacial score (nSPS) is 13.0. The third-order valence-corrected chi connectivity index (χ3v) is 6.54. The number of aryl methyl sites for hydroxylation is 3. The summed E-state index contributed by atoms with van der Waals surface area (Å²) in [5, 5.41) is 0.488. The zero-order valence-corrected chi connectivity index (χ0v) is 15.3. The van der Waals surface area contributed by atoms with Crippen LogP contribution in [-0.4, -0.2) is 13.0 Å². The summed E-state index contributed by atoms with van der Waals surface area (Å²) in [4.78, 5) is 0.580. The predicted octanol–water partition coefficient (Wildman–Crippen LogP) is 3.80. The lowest BCUT2D eigenvalue weighted by molar-refractivity contribution is 0.596. The molecular formula is C16H15ClN2O2S2. The van der Waals surface area contributed by atoms with Gasteiger partial charge in [0.05, 0.1) is 15.1 Å². The van der Waals surface area contributed by atoms with Crippen molar-refractivity contribution in [2.24, 2.45) is 11.4 Å². The number of aromatic nitrogens is 1. The van der Waals surface area contributed by atoms with E-state index in [0.29, 0.717) is 9.82 Å². The highest BCUT2D eigenvalue weighted by Crippen LogP contribution is 2.23. The Labute approximate surface area is 143 Å². The monoisotopic (exact) mass is 366 g/mol. The Bertz CT molecular complexity index is 1060. The van der Waals surface area contributed by atoms with E-state index in [-0.39, 0.29) is 4.90 Å². The van der Waals surface area contributed by atoms with Crippen molar-refractivity contribution in [2.75, 3.05) is 0 Å². The number of hydrogen-bond acceptors (Lipinski definition) is 3. The molecule has 0 saturated heterocycles. The molecule has 0 bridgehead atoms. The molecule has 0 amide bonds. The molecule has 0 aliphatic carbocycles. The first kappa shape index (κ1) is 16.2. The summed E-state index contributed by atoms with van der Waals surface area (Å²) in [6.07, 6.45) is 0. The fourth-order valence-electron chi connectivity index (χ4n) is 2.38. The van der Waals surface area contributed by atoms with Gasteiger partial charge >= 0.3 is 0 Å². The smallest absolute Gasteiger partial charge is 0.285 e. The van der Waals surface area contributed by atoms with Gasteiger partial charge in [-0.05, 0) is 55.3 Å². The molecule has 2 aromatic carbocycles. The first-order chi connectivity index (χ1) is 10.8. The highest BCUT2D eigenvalue weighted by atomic mass is 35.5. The highest BCUT2D eigenvalue weighted by molar-refractivity contribution is 7.90. The summed E-state index contributed by atoms with van der Waals surface area (Å²) >= 11 is 7.17. The van der Waals surface area contributed by atoms with E-state index in [1.54, 1.807) is 12.1 Å². The molecule has 120 valence electrons. The third kappa shape index (κ3) is 2.94. The molecule has 0 radical (unpaired) electrons. The first-order valence-corrected chi connectivity index (χ1v) is 9.55. The molecule has 0 N–H and O–H groups in total. The van der Waals surface area contributed by atoms with Crippen LogP contribution in [0.15, 0.2) is 45.7 Å². The van der Waals surface area contributed by atoms with Gasteiger partial charge in [-0.2, -0.15) is 8.42 Å². The van der Waals surface area contributed by atoms with Gasteiger partial charge in [-0.3, -0.25) is 0 Å². The van der Waals surface area contributed by atoms with Crippen LogP contribution < -0.4 is 4.80 Å². The van der Waals surface area contributed by atoms with E-state index in [1.165, 1.54) is 23.5 Å². The van der Waals surface area contributed by atoms with Crippen molar-refractivity contribution < 1.29 is 8.42 Å².